The van der Waals surface area contributed by atoms with E-state index in [0.29, 0.717) is 57.8 Å². The van der Waals surface area contributed by atoms with Gasteiger partial charge in [-0.1, -0.05) is 83.6 Å². The molecule has 3 fully saturated rings. The first-order valence-corrected chi connectivity index (χ1v) is 24.2. The Hall–Kier alpha value is -3.33. The number of hydrogen-bond acceptors (Lipinski definition) is 12. The van der Waals surface area contributed by atoms with E-state index in [4.69, 9.17) is 23.7 Å². The van der Waals surface area contributed by atoms with E-state index in [2.05, 4.69) is 13.0 Å². The Morgan fingerprint density at radius 2 is 1.57 bits per heavy atom. The van der Waals surface area contributed by atoms with Crippen molar-refractivity contribution in [1.82, 2.24) is 4.90 Å². The predicted octanol–water partition coefficient (Wildman–Crippen LogP) is 7.46. The highest BCUT2D eigenvalue weighted by Gasteiger charge is 2.53. The number of piperidine rings is 1. The molecule has 0 radical (unpaired) electrons. The summed E-state index contributed by atoms with van der Waals surface area (Å²) < 4.78 is 29.7. The molecule has 15 atom stereocenters. The molecule has 3 aliphatic heterocycles. The lowest BCUT2D eigenvalue weighted by Crippen LogP contribution is -2.61. The van der Waals surface area contributed by atoms with Gasteiger partial charge in [0.1, 0.15) is 24.0 Å². The summed E-state index contributed by atoms with van der Waals surface area (Å²) in [5, 5.41) is 22.4. The maximum absolute atomic E-state index is 14.4. The van der Waals surface area contributed by atoms with E-state index >= 15 is 0 Å². The zero-order valence-corrected chi connectivity index (χ0v) is 41.2. The van der Waals surface area contributed by atoms with Gasteiger partial charge in [0.15, 0.2) is 5.78 Å². The van der Waals surface area contributed by atoms with E-state index < -0.39 is 71.8 Å². The number of aliphatic hydroxyl groups excluding tert-OH is 1. The second-order valence-corrected chi connectivity index (χ2v) is 19.9. The fraction of sp³-hybridized carbons (Fsp3) is 0.750. The lowest BCUT2D eigenvalue weighted by molar-refractivity contribution is -0.265. The number of hydrogen-bond donors (Lipinski definition) is 2. The normalized spacial score (nSPS) is 40.4. The lowest BCUT2D eigenvalue weighted by Gasteiger charge is -2.42. The predicted molar refractivity (Wildman–Crippen MR) is 248 cm³/mol. The molecule has 0 aromatic rings. The van der Waals surface area contributed by atoms with Crippen molar-refractivity contribution in [2.45, 2.75) is 181 Å². The van der Waals surface area contributed by atoms with E-state index in [9.17, 15) is 34.2 Å². The molecule has 2 N–H and O–H groups in total. The van der Waals surface area contributed by atoms with Gasteiger partial charge in [-0.25, -0.2) is 4.79 Å². The number of amides is 1. The van der Waals surface area contributed by atoms with Crippen LogP contribution in [0, 0.1) is 41.4 Å². The van der Waals surface area contributed by atoms with Gasteiger partial charge in [-0.2, -0.15) is 0 Å². The monoisotopic (exact) mass is 912 g/mol. The van der Waals surface area contributed by atoms with Gasteiger partial charge in [-0.3, -0.25) is 19.2 Å². The number of ether oxygens (including phenoxy) is 5. The largest absolute Gasteiger partial charge is 0.460 e. The van der Waals surface area contributed by atoms with Crippen molar-refractivity contribution in [2.24, 2.45) is 41.4 Å². The number of fused-ring (bicyclic) bond motifs is 3. The van der Waals surface area contributed by atoms with Crippen LogP contribution in [0.1, 0.15) is 132 Å². The Labute approximate surface area is 388 Å². The van der Waals surface area contributed by atoms with Crippen LogP contribution < -0.4 is 0 Å². The number of aliphatic hydroxyl groups is 2. The van der Waals surface area contributed by atoms with Crippen LogP contribution >= 0.6 is 0 Å². The number of nitrogens with zero attached hydrogens (tertiary/aromatic N) is 1. The van der Waals surface area contributed by atoms with Crippen molar-refractivity contribution < 1.29 is 57.9 Å². The summed E-state index contributed by atoms with van der Waals surface area (Å²) in [6.45, 7) is 15.3. The number of carbonyl (C=O) groups excluding carboxylic acids is 5. The summed E-state index contributed by atoms with van der Waals surface area (Å²) in [5.74, 6) is -7.31. The summed E-state index contributed by atoms with van der Waals surface area (Å²) in [7, 11) is 4.71. The third-order valence-corrected chi connectivity index (χ3v) is 14.9. The maximum Gasteiger partial charge on any atom is 0.329 e. The minimum Gasteiger partial charge on any atom is -0.460 e. The summed E-state index contributed by atoms with van der Waals surface area (Å²) in [6.07, 6.45) is 14.0. The summed E-state index contributed by atoms with van der Waals surface area (Å²) in [4.78, 5) is 72.1. The molecule has 1 aliphatic carbocycles. The molecule has 3 heterocycles. The van der Waals surface area contributed by atoms with Crippen LogP contribution in [0.25, 0.3) is 0 Å². The van der Waals surface area contributed by atoms with E-state index in [1.54, 1.807) is 28.1 Å². The zero-order valence-electron chi connectivity index (χ0n) is 41.2. The summed E-state index contributed by atoms with van der Waals surface area (Å²) in [6, 6.07) is -1.11. The molecule has 1 unspecified atom stereocenters. The molecule has 0 aromatic carbocycles. The second-order valence-electron chi connectivity index (χ2n) is 19.9. The zero-order chi connectivity index (χ0) is 48.2. The van der Waals surface area contributed by atoms with Crippen molar-refractivity contribution in [1.29, 1.82) is 0 Å². The van der Waals surface area contributed by atoms with Crippen LogP contribution in [0.3, 0.4) is 0 Å². The Morgan fingerprint density at radius 3 is 2.25 bits per heavy atom. The van der Waals surface area contributed by atoms with Gasteiger partial charge in [-0.05, 0) is 101 Å². The number of esters is 1. The van der Waals surface area contributed by atoms with Crippen molar-refractivity contribution in [3.8, 4) is 0 Å². The highest BCUT2D eigenvalue weighted by Crippen LogP contribution is 2.38. The molecule has 13 heteroatoms. The first-order valence-electron chi connectivity index (χ1n) is 24.2. The van der Waals surface area contributed by atoms with Crippen molar-refractivity contribution >= 4 is 29.2 Å². The fourth-order valence-electron chi connectivity index (χ4n) is 10.3. The highest BCUT2D eigenvalue weighted by molar-refractivity contribution is 6.39. The van der Waals surface area contributed by atoms with Crippen LogP contribution in [0.15, 0.2) is 47.6 Å². The molecule has 65 heavy (non-hydrogen) atoms. The van der Waals surface area contributed by atoms with Crippen molar-refractivity contribution in [3.05, 3.63) is 47.6 Å². The molecular formula is C52H81NO12. The summed E-state index contributed by atoms with van der Waals surface area (Å²) >= 11 is 0. The number of Topliss-reactive ketones (excluding diaryl/α,β-unsaturated/α-hetero) is 3. The number of rotatable bonds is 6. The molecular weight excluding hydrogens is 831 g/mol. The van der Waals surface area contributed by atoms with Gasteiger partial charge in [-0.15, -0.1) is 0 Å². The number of allylic oxidation sites excluding steroid dienone is 6. The number of methoxy groups -OCH3 is 3. The van der Waals surface area contributed by atoms with Crippen molar-refractivity contribution in [2.75, 3.05) is 27.9 Å². The Bertz CT molecular complexity index is 1750. The minimum atomic E-state index is -2.41. The van der Waals surface area contributed by atoms with Gasteiger partial charge in [0.2, 0.25) is 5.79 Å². The standard InChI is InChI=1S/C52H81NO12/c1-31-17-13-12-14-18-32(2)44(61-9)29-40-22-20-37(7)52(60,65-40)49(57)50(58)53-24-16-15-19-41(53)51(59)64-45(35(5)27-39-21-23-42(54)46(28-39)62-10)30-43(55)34(4)26-33(3)38(8)48(63-11)47(56)36(6)25-31/h12-14,17-18,26,31,34-42,44-46,48,54,60H,15-16,19-25,27-30H2,1-11H3/b14-12+,17-13+,32-18+,33-26+/t31-,34-,35-,36-,37-,38-,39+,40+,41?,42-,44+,45+,46-,48-,52-/m1/s1. The van der Waals surface area contributed by atoms with E-state index in [-0.39, 0.29) is 66.6 Å². The number of ketones is 3. The third-order valence-electron chi connectivity index (χ3n) is 14.9. The molecule has 0 spiro atoms. The number of carbonyl (C=O) groups is 5. The highest BCUT2D eigenvalue weighted by atomic mass is 16.6. The first kappa shape index (κ1) is 54.3. The second kappa shape index (κ2) is 25.2. The van der Waals surface area contributed by atoms with E-state index in [1.807, 2.05) is 65.0 Å². The lowest BCUT2D eigenvalue weighted by atomic mass is 9.78. The first-order chi connectivity index (χ1) is 30.7. The molecule has 2 bridgehead atoms. The third kappa shape index (κ3) is 14.3. The van der Waals surface area contributed by atoms with E-state index in [1.165, 1.54) is 12.0 Å². The molecule has 1 amide bonds. The average Bonchev–Trinajstić information content (AvgIpc) is 3.28. The van der Waals surface area contributed by atoms with Gasteiger partial charge in [0.05, 0.1) is 24.4 Å². The minimum absolute atomic E-state index is 0.00540. The van der Waals surface area contributed by atoms with E-state index in [0.717, 1.165) is 17.6 Å². The Kier molecular flexibility index (Phi) is 21.0. The molecule has 4 rings (SSSR count). The van der Waals surface area contributed by atoms with Crippen LogP contribution in [0.5, 0.6) is 0 Å². The Morgan fingerprint density at radius 1 is 0.846 bits per heavy atom. The van der Waals surface area contributed by atoms with Crippen LogP contribution in [-0.4, -0.2) is 121 Å². The quantitative estimate of drug-likeness (QED) is 0.153. The van der Waals surface area contributed by atoms with Crippen LogP contribution in [0.4, 0.5) is 0 Å². The van der Waals surface area contributed by atoms with Gasteiger partial charge >= 0.3 is 5.97 Å². The summed E-state index contributed by atoms with van der Waals surface area (Å²) in [5.41, 5.74) is 1.73. The maximum atomic E-state index is 14.4. The molecule has 1 saturated carbocycles. The van der Waals surface area contributed by atoms with Gasteiger partial charge in [0, 0.05) is 64.4 Å². The fourth-order valence-corrected chi connectivity index (χ4v) is 10.3. The molecule has 0 aromatic heterocycles. The van der Waals surface area contributed by atoms with Gasteiger partial charge < -0.3 is 38.8 Å². The SMILES string of the molecule is CO[C@H]1C[C@@H]2CC[C@@H](C)[C@@](O)(O2)C(=O)C(=O)N2CCCCC2C(=O)O[C@H]([C@H](C)C[C@@H]2CC[C@@H](O)[C@H](OC)C2)CC(=O)[C@H](C)/C=C(\C)[C@@H](C)[C@@H](OC)C(=O)[C@H](C)C[C@H](C)/C=C/C=C/C=C/1C. The Balaban J connectivity index is 1.70. The van der Waals surface area contributed by atoms with Crippen molar-refractivity contribution in [3.63, 3.8) is 0 Å². The number of cyclic esters (lactones) is 1. The molecule has 366 valence electrons. The molecule has 13 nitrogen and oxygen atoms in total. The van der Waals surface area contributed by atoms with Gasteiger partial charge in [0.25, 0.3) is 11.7 Å². The molecule has 2 saturated heterocycles. The topological polar surface area (TPSA) is 175 Å². The van der Waals surface area contributed by atoms with Crippen LogP contribution in [0.2, 0.25) is 0 Å². The van der Waals surface area contributed by atoms with Crippen LogP contribution in [-0.2, 0) is 47.7 Å². The molecule has 4 aliphatic rings. The average molecular weight is 912 g/mol. The smallest absolute Gasteiger partial charge is 0.329 e.